The number of hydrogen-bond acceptors (Lipinski definition) is 9. The Balaban J connectivity index is 4.26. The van der Waals surface area contributed by atoms with Gasteiger partial charge in [-0.05, 0) is 12.8 Å². The molecule has 0 radical (unpaired) electrons. The standard InChI is InChI=1S/C27H53O10P/c1-3-5-7-8-9-10-11-12-13-14-15-16-17-19-27(31)37-25(22-34-26(30)18-6-4-2)23-36-38(32,33)35-21-24(29)20-28/h24-25,28-29H,3-23H2,1-2H3,(H,32,33). The largest absolute Gasteiger partial charge is 0.472 e. The van der Waals surface area contributed by atoms with Crippen LogP contribution in [0.2, 0.25) is 0 Å². The second-order valence-electron chi connectivity index (χ2n) is 9.79. The molecule has 0 aliphatic rings. The molecule has 3 N–H and O–H groups in total. The van der Waals surface area contributed by atoms with Gasteiger partial charge in [0.1, 0.15) is 12.7 Å². The molecular formula is C27H53O10P. The molecule has 0 rings (SSSR count). The summed E-state index contributed by atoms with van der Waals surface area (Å²) in [4.78, 5) is 33.9. The summed E-state index contributed by atoms with van der Waals surface area (Å²) in [7, 11) is -4.58. The summed E-state index contributed by atoms with van der Waals surface area (Å²) in [6.07, 6.45) is 15.0. The maximum absolute atomic E-state index is 12.3. The lowest BCUT2D eigenvalue weighted by atomic mass is 10.0. The number of phosphoric acid groups is 1. The Hall–Kier alpha value is -1.03. The van der Waals surface area contributed by atoms with Gasteiger partial charge in [0.2, 0.25) is 0 Å². The molecule has 0 amide bonds. The van der Waals surface area contributed by atoms with Crippen LogP contribution in [0.1, 0.15) is 123 Å². The Morgan fingerprint density at radius 1 is 0.684 bits per heavy atom. The SMILES string of the molecule is CCCCCCCCCCCCCCCC(=O)OC(COC(=O)CCCC)COP(=O)(O)OCC(O)CO. The molecule has 11 heteroatoms. The molecule has 3 atom stereocenters. The minimum Gasteiger partial charge on any atom is -0.462 e. The van der Waals surface area contributed by atoms with E-state index in [4.69, 9.17) is 19.1 Å². The molecule has 0 aliphatic carbocycles. The summed E-state index contributed by atoms with van der Waals surface area (Å²) in [5.41, 5.74) is 0. The molecular weight excluding hydrogens is 515 g/mol. The first kappa shape index (κ1) is 37.0. The predicted molar refractivity (Wildman–Crippen MR) is 145 cm³/mol. The lowest BCUT2D eigenvalue weighted by Crippen LogP contribution is -2.29. The molecule has 0 fully saturated rings. The molecule has 0 aliphatic heterocycles. The summed E-state index contributed by atoms with van der Waals surface area (Å²) in [5.74, 6) is -0.963. The van der Waals surface area contributed by atoms with Gasteiger partial charge in [-0.2, -0.15) is 0 Å². The molecule has 0 aromatic rings. The van der Waals surface area contributed by atoms with Crippen molar-refractivity contribution >= 4 is 19.8 Å². The summed E-state index contributed by atoms with van der Waals surface area (Å²) < 4.78 is 31.9. The van der Waals surface area contributed by atoms with E-state index in [9.17, 15) is 24.2 Å². The average Bonchev–Trinajstić information content (AvgIpc) is 2.90. The molecule has 10 nitrogen and oxygen atoms in total. The second kappa shape index (κ2) is 25.0. The van der Waals surface area contributed by atoms with Crippen LogP contribution in [-0.2, 0) is 32.7 Å². The highest BCUT2D eigenvalue weighted by atomic mass is 31.2. The van der Waals surface area contributed by atoms with Crippen LogP contribution in [0, 0.1) is 0 Å². The van der Waals surface area contributed by atoms with Crippen LogP contribution in [0.5, 0.6) is 0 Å². The fraction of sp³-hybridized carbons (Fsp3) is 0.926. The first-order valence-electron chi connectivity index (χ1n) is 14.5. The minimum atomic E-state index is -4.58. The lowest BCUT2D eigenvalue weighted by molar-refractivity contribution is -0.161. The van der Waals surface area contributed by atoms with Gasteiger partial charge in [0.05, 0.1) is 19.8 Å². The third-order valence-corrected chi connectivity index (χ3v) is 6.96. The zero-order valence-corrected chi connectivity index (χ0v) is 24.5. The average molecular weight is 569 g/mol. The van der Waals surface area contributed by atoms with Gasteiger partial charge in [-0.15, -0.1) is 0 Å². The first-order valence-corrected chi connectivity index (χ1v) is 16.0. The number of ether oxygens (including phenoxy) is 2. The molecule has 0 aromatic heterocycles. The maximum Gasteiger partial charge on any atom is 0.472 e. The van der Waals surface area contributed by atoms with E-state index in [1.807, 2.05) is 6.92 Å². The fourth-order valence-electron chi connectivity index (χ4n) is 3.67. The molecule has 3 unspecified atom stereocenters. The van der Waals surface area contributed by atoms with Crippen LogP contribution in [0.15, 0.2) is 0 Å². The van der Waals surface area contributed by atoms with Crippen LogP contribution in [0.4, 0.5) is 0 Å². The van der Waals surface area contributed by atoms with E-state index < -0.39 is 51.8 Å². The van der Waals surface area contributed by atoms with E-state index in [1.165, 1.54) is 57.8 Å². The van der Waals surface area contributed by atoms with Gasteiger partial charge < -0.3 is 24.6 Å². The normalized spacial score (nSPS) is 14.6. The number of carbonyl (C=O) groups excluding carboxylic acids is 2. The molecule has 0 saturated carbocycles. The van der Waals surface area contributed by atoms with E-state index in [-0.39, 0.29) is 19.4 Å². The fourth-order valence-corrected chi connectivity index (χ4v) is 4.46. The van der Waals surface area contributed by atoms with Gasteiger partial charge >= 0.3 is 19.8 Å². The number of aliphatic hydroxyl groups excluding tert-OH is 2. The molecule has 0 aromatic carbocycles. The lowest BCUT2D eigenvalue weighted by Gasteiger charge is -2.20. The quantitative estimate of drug-likeness (QED) is 0.0649. The number of unbranched alkanes of at least 4 members (excludes halogenated alkanes) is 13. The Morgan fingerprint density at radius 2 is 1.16 bits per heavy atom. The van der Waals surface area contributed by atoms with Gasteiger partial charge in [0.15, 0.2) is 6.10 Å². The molecule has 0 saturated heterocycles. The maximum atomic E-state index is 12.3. The van der Waals surface area contributed by atoms with Gasteiger partial charge in [-0.1, -0.05) is 97.3 Å². The van der Waals surface area contributed by atoms with Gasteiger partial charge in [-0.25, -0.2) is 4.57 Å². The zero-order chi connectivity index (χ0) is 28.5. The number of rotatable bonds is 27. The van der Waals surface area contributed by atoms with Gasteiger partial charge in [0, 0.05) is 12.8 Å². The van der Waals surface area contributed by atoms with Crippen molar-refractivity contribution < 1.29 is 47.8 Å². The van der Waals surface area contributed by atoms with E-state index in [0.29, 0.717) is 12.8 Å². The van der Waals surface area contributed by atoms with Crippen molar-refractivity contribution in [2.24, 2.45) is 0 Å². The van der Waals surface area contributed by atoms with Crippen LogP contribution in [-0.4, -0.2) is 65.7 Å². The smallest absolute Gasteiger partial charge is 0.462 e. The molecule has 0 heterocycles. The zero-order valence-electron chi connectivity index (χ0n) is 23.7. The van der Waals surface area contributed by atoms with Crippen LogP contribution < -0.4 is 0 Å². The van der Waals surface area contributed by atoms with Crippen LogP contribution in [0.3, 0.4) is 0 Å². The van der Waals surface area contributed by atoms with E-state index >= 15 is 0 Å². The Morgan fingerprint density at radius 3 is 1.68 bits per heavy atom. The van der Waals surface area contributed by atoms with Gasteiger partial charge in [0.25, 0.3) is 0 Å². The highest BCUT2D eigenvalue weighted by Crippen LogP contribution is 2.43. The third kappa shape index (κ3) is 24.0. The summed E-state index contributed by atoms with van der Waals surface area (Å²) in [6.45, 7) is 2.07. The van der Waals surface area contributed by atoms with Crippen molar-refractivity contribution in [3.05, 3.63) is 0 Å². The van der Waals surface area contributed by atoms with Crippen molar-refractivity contribution in [3.63, 3.8) is 0 Å². The van der Waals surface area contributed by atoms with Crippen molar-refractivity contribution in [1.29, 1.82) is 0 Å². The topological polar surface area (TPSA) is 149 Å². The molecule has 38 heavy (non-hydrogen) atoms. The summed E-state index contributed by atoms with van der Waals surface area (Å²) >= 11 is 0. The van der Waals surface area contributed by atoms with E-state index in [1.54, 1.807) is 0 Å². The molecule has 0 bridgehead atoms. The number of aliphatic hydroxyl groups is 2. The van der Waals surface area contributed by atoms with Crippen molar-refractivity contribution in [1.82, 2.24) is 0 Å². The Kier molecular flexibility index (Phi) is 24.3. The first-order chi connectivity index (χ1) is 18.2. The predicted octanol–water partition coefficient (Wildman–Crippen LogP) is 5.60. The number of phosphoric ester groups is 1. The van der Waals surface area contributed by atoms with Crippen molar-refractivity contribution in [2.45, 2.75) is 135 Å². The molecule has 0 spiro atoms. The highest BCUT2D eigenvalue weighted by molar-refractivity contribution is 7.47. The molecule has 226 valence electrons. The highest BCUT2D eigenvalue weighted by Gasteiger charge is 2.27. The number of esters is 2. The number of hydrogen-bond donors (Lipinski definition) is 3. The Labute approximate surface area is 229 Å². The van der Waals surface area contributed by atoms with E-state index in [2.05, 4.69) is 11.4 Å². The van der Waals surface area contributed by atoms with Crippen molar-refractivity contribution in [3.8, 4) is 0 Å². The third-order valence-electron chi connectivity index (χ3n) is 6.01. The van der Waals surface area contributed by atoms with E-state index in [0.717, 1.165) is 25.7 Å². The second-order valence-corrected chi connectivity index (χ2v) is 11.2. The Bertz CT molecular complexity index is 631. The summed E-state index contributed by atoms with van der Waals surface area (Å²) in [5, 5.41) is 18.0. The minimum absolute atomic E-state index is 0.189. The summed E-state index contributed by atoms with van der Waals surface area (Å²) in [6, 6.07) is 0. The number of carbonyl (C=O) groups is 2. The monoisotopic (exact) mass is 568 g/mol. The van der Waals surface area contributed by atoms with Crippen LogP contribution in [0.25, 0.3) is 0 Å². The van der Waals surface area contributed by atoms with Gasteiger partial charge in [-0.3, -0.25) is 18.6 Å². The van der Waals surface area contributed by atoms with Crippen molar-refractivity contribution in [2.75, 3.05) is 26.4 Å². The van der Waals surface area contributed by atoms with Crippen LogP contribution >= 0.6 is 7.82 Å².